The fourth-order valence-electron chi connectivity index (χ4n) is 2.16. The van der Waals surface area contributed by atoms with Crippen LogP contribution in [0.2, 0.25) is 5.15 Å². The molecule has 1 N–H and O–H groups in total. The van der Waals surface area contributed by atoms with E-state index in [1.165, 1.54) is 31.5 Å². The monoisotopic (exact) mass is 377 g/mol. The molecule has 1 aromatic heterocycles. The summed E-state index contributed by atoms with van der Waals surface area (Å²) in [5.74, 6) is 1.87. The summed E-state index contributed by atoms with van der Waals surface area (Å²) in [5, 5.41) is 0.350. The maximum Gasteiger partial charge on any atom is 0.197 e. The average Bonchev–Trinajstić information content (AvgIpc) is 2.63. The zero-order chi connectivity index (χ0) is 16.6. The molecule has 1 fully saturated rings. The Labute approximate surface area is 142 Å². The fraction of sp³-hybridized carbons (Fsp3) is 0.706. The molecule has 0 spiro atoms. The third-order valence-electron chi connectivity index (χ3n) is 4.40. The third-order valence-corrected chi connectivity index (χ3v) is 5.24. The van der Waals surface area contributed by atoms with Crippen LogP contribution >= 0.6 is 27.5 Å². The molecule has 2 rings (SSSR count). The van der Waals surface area contributed by atoms with Crippen molar-refractivity contribution in [2.45, 2.75) is 60.8 Å². The van der Waals surface area contributed by atoms with E-state index in [1.54, 1.807) is 0 Å². The van der Waals surface area contributed by atoms with Crippen LogP contribution in [-0.2, 0) is 0 Å². The summed E-state index contributed by atoms with van der Waals surface area (Å²) >= 11 is 8.47. The lowest BCUT2D eigenvalue weighted by molar-refractivity contribution is 0.212. The van der Waals surface area contributed by atoms with Crippen molar-refractivity contribution in [2.24, 2.45) is 17.3 Å². The van der Waals surface area contributed by atoms with Gasteiger partial charge in [0.1, 0.15) is 5.15 Å². The number of pyridine rings is 1. The van der Waals surface area contributed by atoms with Crippen LogP contribution in [0, 0.1) is 17.3 Å². The molecule has 0 aliphatic heterocycles. The van der Waals surface area contributed by atoms with Crippen LogP contribution in [0.15, 0.2) is 21.5 Å². The summed E-state index contributed by atoms with van der Waals surface area (Å²) in [7, 11) is 0. The normalized spacial score (nSPS) is 22.7. The Morgan fingerprint density at radius 1 is 1.29 bits per heavy atom. The number of nitrogens with one attached hydrogen (secondary N) is 1. The van der Waals surface area contributed by atoms with E-state index in [9.17, 15) is 4.79 Å². The minimum absolute atomic E-state index is 0.112. The predicted octanol–water partition coefficient (Wildman–Crippen LogP) is 6.29. The number of halogens is 2. The molecule has 1 aliphatic rings. The Kier molecular flexibility index (Phi) is 9.55. The fourth-order valence-corrected chi connectivity index (χ4v) is 2.54. The van der Waals surface area contributed by atoms with Gasteiger partial charge in [-0.15, -0.1) is 0 Å². The molecule has 0 amide bonds. The molecule has 4 heteroatoms. The van der Waals surface area contributed by atoms with Gasteiger partial charge in [-0.25, -0.2) is 0 Å². The van der Waals surface area contributed by atoms with Gasteiger partial charge in [0.2, 0.25) is 0 Å². The predicted molar refractivity (Wildman–Crippen MR) is 97.1 cm³/mol. The maximum atomic E-state index is 10.7. The van der Waals surface area contributed by atoms with Gasteiger partial charge in [-0.2, -0.15) is 0 Å². The van der Waals surface area contributed by atoms with Crippen molar-refractivity contribution in [3.05, 3.63) is 32.1 Å². The summed E-state index contributed by atoms with van der Waals surface area (Å²) in [6.45, 7) is 13.8. The highest BCUT2D eigenvalue weighted by molar-refractivity contribution is 9.10. The van der Waals surface area contributed by atoms with Crippen LogP contribution < -0.4 is 5.43 Å². The van der Waals surface area contributed by atoms with Crippen LogP contribution in [0.3, 0.4) is 0 Å². The number of hydrogen-bond donors (Lipinski definition) is 1. The summed E-state index contributed by atoms with van der Waals surface area (Å²) < 4.78 is 0.493. The summed E-state index contributed by atoms with van der Waals surface area (Å²) in [5.41, 5.74) is 0.499. The number of H-pyrrole nitrogens is 1. The zero-order valence-corrected chi connectivity index (χ0v) is 16.4. The van der Waals surface area contributed by atoms with Crippen LogP contribution in [0.5, 0.6) is 0 Å². The van der Waals surface area contributed by atoms with Gasteiger partial charge in [0.15, 0.2) is 5.43 Å². The molecule has 0 saturated heterocycles. The largest absolute Gasteiger partial charge is 0.351 e. The highest BCUT2D eigenvalue weighted by atomic mass is 79.9. The van der Waals surface area contributed by atoms with E-state index < -0.39 is 0 Å². The van der Waals surface area contributed by atoms with Crippen molar-refractivity contribution >= 4 is 27.5 Å². The number of aromatic nitrogens is 1. The summed E-state index contributed by atoms with van der Waals surface area (Å²) in [6.07, 6.45) is 5.63. The quantitative estimate of drug-likeness (QED) is 0.529. The molecule has 2 unspecified atom stereocenters. The average molecular weight is 379 g/mol. The molecule has 1 aliphatic carbocycles. The maximum absolute atomic E-state index is 10.7. The molecule has 0 aromatic carbocycles. The molecule has 122 valence electrons. The highest BCUT2D eigenvalue weighted by Crippen LogP contribution is 2.46. The topological polar surface area (TPSA) is 32.9 Å². The number of hydrogen-bond acceptors (Lipinski definition) is 1. The molecule has 0 bridgehead atoms. The molecule has 21 heavy (non-hydrogen) atoms. The smallest absolute Gasteiger partial charge is 0.197 e. The van der Waals surface area contributed by atoms with Crippen LogP contribution in [-0.4, -0.2) is 4.98 Å². The van der Waals surface area contributed by atoms with Crippen molar-refractivity contribution in [1.82, 2.24) is 4.98 Å². The van der Waals surface area contributed by atoms with Crippen molar-refractivity contribution in [3.8, 4) is 0 Å². The van der Waals surface area contributed by atoms with E-state index >= 15 is 0 Å². The lowest BCUT2D eigenvalue weighted by Crippen LogP contribution is -2.20. The third kappa shape index (κ3) is 7.01. The van der Waals surface area contributed by atoms with Gasteiger partial charge in [-0.1, -0.05) is 59.6 Å². The molecule has 1 heterocycles. The van der Waals surface area contributed by atoms with Gasteiger partial charge in [-0.3, -0.25) is 4.79 Å². The van der Waals surface area contributed by atoms with Gasteiger partial charge in [0.05, 0.1) is 4.47 Å². The van der Waals surface area contributed by atoms with Gasteiger partial charge < -0.3 is 4.98 Å². The van der Waals surface area contributed by atoms with E-state index in [0.29, 0.717) is 15.0 Å². The molecule has 1 saturated carbocycles. The Hall–Kier alpha value is -0.280. The number of aromatic amines is 1. The van der Waals surface area contributed by atoms with Crippen LogP contribution in [0.4, 0.5) is 0 Å². The minimum atomic E-state index is -0.112. The van der Waals surface area contributed by atoms with Crippen molar-refractivity contribution in [2.75, 3.05) is 0 Å². The van der Waals surface area contributed by atoms with E-state index in [0.717, 1.165) is 11.8 Å². The van der Waals surface area contributed by atoms with E-state index in [-0.39, 0.29) is 5.43 Å². The van der Waals surface area contributed by atoms with Gasteiger partial charge in [0, 0.05) is 12.3 Å². The summed E-state index contributed by atoms with van der Waals surface area (Å²) in [4.78, 5) is 13.3. The lowest BCUT2D eigenvalue weighted by Gasteiger charge is -2.28. The first kappa shape index (κ1) is 20.7. The second-order valence-corrected chi connectivity index (χ2v) is 7.66. The van der Waals surface area contributed by atoms with E-state index in [4.69, 9.17) is 11.6 Å². The second-order valence-electron chi connectivity index (χ2n) is 6.40. The van der Waals surface area contributed by atoms with E-state index in [1.807, 2.05) is 0 Å². The summed E-state index contributed by atoms with van der Waals surface area (Å²) in [6, 6.07) is 1.31. The first-order valence-corrected chi connectivity index (χ1v) is 8.87. The Morgan fingerprint density at radius 2 is 1.71 bits per heavy atom. The molecular formula is C17H29BrClNO. The first-order valence-electron chi connectivity index (χ1n) is 7.70. The second kappa shape index (κ2) is 9.68. The zero-order valence-electron chi connectivity index (χ0n) is 14.1. The molecular weight excluding hydrogens is 350 g/mol. The van der Waals surface area contributed by atoms with Gasteiger partial charge in [0.25, 0.3) is 0 Å². The number of rotatable bonds is 0. The Morgan fingerprint density at radius 3 is 1.95 bits per heavy atom. The molecule has 0 radical (unpaired) electrons. The molecule has 2 nitrogen and oxygen atoms in total. The van der Waals surface area contributed by atoms with Gasteiger partial charge >= 0.3 is 0 Å². The van der Waals surface area contributed by atoms with Crippen LogP contribution in [0.25, 0.3) is 0 Å². The van der Waals surface area contributed by atoms with Crippen molar-refractivity contribution in [1.29, 1.82) is 0 Å². The van der Waals surface area contributed by atoms with Crippen molar-refractivity contribution in [3.63, 3.8) is 0 Å². The SMILES string of the molecule is CC1CCC(C)C1(C)C.CCC.O=c1cc(Cl)[nH]cc1Br. The van der Waals surface area contributed by atoms with Gasteiger partial charge in [-0.05, 0) is 46.0 Å². The Balaban J connectivity index is 0.000000322. The minimum Gasteiger partial charge on any atom is -0.351 e. The van der Waals surface area contributed by atoms with E-state index in [2.05, 4.69) is 62.5 Å². The molecule has 1 aromatic rings. The first-order chi connectivity index (χ1) is 9.66. The lowest BCUT2D eigenvalue weighted by atomic mass is 9.77. The van der Waals surface area contributed by atoms with Crippen molar-refractivity contribution < 1.29 is 0 Å². The highest BCUT2D eigenvalue weighted by Gasteiger charge is 2.37. The molecule has 2 atom stereocenters. The van der Waals surface area contributed by atoms with Crippen LogP contribution in [0.1, 0.15) is 60.8 Å². The standard InChI is InChI=1S/C9H18.C5H3BrClNO.C3H8/c1-7-5-6-8(2)9(7,3)4;6-3-2-8-5(7)1-4(3)9;1-3-2/h7-8H,5-6H2,1-4H3;1-2H,(H,8,9);3H2,1-2H3. The Bertz CT molecular complexity index is 458.